The summed E-state index contributed by atoms with van der Waals surface area (Å²) in [6.07, 6.45) is 1.78. The van der Waals surface area contributed by atoms with E-state index in [0.29, 0.717) is 31.4 Å². The van der Waals surface area contributed by atoms with Crippen LogP contribution in [0, 0.1) is 0 Å². The molecule has 1 unspecified atom stereocenters. The van der Waals surface area contributed by atoms with Crippen LogP contribution >= 0.6 is 22.9 Å². The molecule has 1 aliphatic rings. The maximum Gasteiger partial charge on any atom is 0.338 e. The number of thiazole rings is 1. The molecule has 0 bridgehead atoms. The lowest BCUT2D eigenvalue weighted by Crippen LogP contribution is -2.39. The Morgan fingerprint density at radius 3 is 2.68 bits per heavy atom. The number of carbonyl (C=O) groups excluding carboxylic acids is 1. The first-order valence-corrected chi connectivity index (χ1v) is 10.6. The van der Waals surface area contributed by atoms with Gasteiger partial charge in [-0.15, -0.1) is 0 Å². The topological polar surface area (TPSA) is 69.9 Å². The van der Waals surface area contributed by atoms with Crippen LogP contribution in [0.4, 0.5) is 0 Å². The second-order valence-electron chi connectivity index (χ2n) is 6.87. The number of hydrogen-bond donors (Lipinski definition) is 0. The average Bonchev–Trinajstić information content (AvgIpc) is 3.07. The van der Waals surface area contributed by atoms with E-state index in [2.05, 4.69) is 4.99 Å². The first kappa shape index (κ1) is 21.1. The molecule has 0 saturated heterocycles. The summed E-state index contributed by atoms with van der Waals surface area (Å²) in [6, 6.07) is 13.8. The van der Waals surface area contributed by atoms with Crippen molar-refractivity contribution >= 4 is 35.0 Å². The SMILES string of the molecule is COC(=O)C1=C(C)N=c2sc(=Cc3cccc(OC)c3)c(=O)n2C1c1ccccc1Cl. The number of rotatable bonds is 4. The number of allylic oxidation sites excluding steroid dienone is 1. The van der Waals surface area contributed by atoms with Crippen LogP contribution in [0.5, 0.6) is 5.75 Å². The van der Waals surface area contributed by atoms with Gasteiger partial charge in [0, 0.05) is 5.02 Å². The summed E-state index contributed by atoms with van der Waals surface area (Å²) in [5, 5.41) is 0.450. The van der Waals surface area contributed by atoms with Gasteiger partial charge in [0.2, 0.25) is 0 Å². The summed E-state index contributed by atoms with van der Waals surface area (Å²) in [4.78, 5) is 31.1. The molecule has 3 aromatic rings. The molecule has 0 saturated carbocycles. The van der Waals surface area contributed by atoms with E-state index >= 15 is 0 Å². The number of aromatic nitrogens is 1. The molecule has 1 atom stereocenters. The van der Waals surface area contributed by atoms with E-state index in [0.717, 1.165) is 5.56 Å². The number of ether oxygens (including phenoxy) is 2. The minimum atomic E-state index is -0.732. The Balaban J connectivity index is 1.99. The number of carbonyl (C=O) groups is 1. The van der Waals surface area contributed by atoms with Gasteiger partial charge < -0.3 is 9.47 Å². The van der Waals surface area contributed by atoms with Gasteiger partial charge in [0.1, 0.15) is 11.8 Å². The molecule has 1 aliphatic heterocycles. The molecule has 0 radical (unpaired) electrons. The number of benzene rings is 2. The molecule has 158 valence electrons. The monoisotopic (exact) mass is 454 g/mol. The van der Waals surface area contributed by atoms with Crippen LogP contribution in [0.1, 0.15) is 24.1 Å². The zero-order chi connectivity index (χ0) is 22.1. The minimum absolute atomic E-state index is 0.259. The van der Waals surface area contributed by atoms with E-state index in [9.17, 15) is 9.59 Å². The van der Waals surface area contributed by atoms with Crippen molar-refractivity contribution in [3.63, 3.8) is 0 Å². The number of halogens is 1. The largest absolute Gasteiger partial charge is 0.497 e. The van der Waals surface area contributed by atoms with Crippen molar-refractivity contribution in [2.45, 2.75) is 13.0 Å². The molecule has 0 N–H and O–H groups in total. The van der Waals surface area contributed by atoms with Crippen LogP contribution in [-0.4, -0.2) is 24.8 Å². The van der Waals surface area contributed by atoms with Gasteiger partial charge in [-0.25, -0.2) is 9.79 Å². The van der Waals surface area contributed by atoms with E-state index < -0.39 is 12.0 Å². The van der Waals surface area contributed by atoms with E-state index in [1.54, 1.807) is 38.3 Å². The summed E-state index contributed by atoms with van der Waals surface area (Å²) < 4.78 is 12.3. The van der Waals surface area contributed by atoms with Crippen molar-refractivity contribution in [2.24, 2.45) is 4.99 Å². The molecule has 0 fully saturated rings. The molecule has 2 aromatic carbocycles. The van der Waals surface area contributed by atoms with Gasteiger partial charge in [0.15, 0.2) is 4.80 Å². The molecule has 0 amide bonds. The summed E-state index contributed by atoms with van der Waals surface area (Å²) in [5.41, 5.74) is 1.97. The van der Waals surface area contributed by atoms with Crippen molar-refractivity contribution in [3.8, 4) is 5.75 Å². The van der Waals surface area contributed by atoms with Gasteiger partial charge in [-0.05, 0) is 42.3 Å². The number of esters is 1. The van der Waals surface area contributed by atoms with Crippen LogP contribution in [-0.2, 0) is 9.53 Å². The van der Waals surface area contributed by atoms with Crippen molar-refractivity contribution < 1.29 is 14.3 Å². The van der Waals surface area contributed by atoms with Gasteiger partial charge in [0.05, 0.1) is 30.0 Å². The third kappa shape index (κ3) is 3.82. The Hall–Kier alpha value is -3.16. The predicted molar refractivity (Wildman–Crippen MR) is 120 cm³/mol. The molecule has 8 heteroatoms. The second-order valence-corrected chi connectivity index (χ2v) is 8.29. The van der Waals surface area contributed by atoms with Crippen molar-refractivity contribution in [1.29, 1.82) is 0 Å². The Kier molecular flexibility index (Phi) is 5.80. The zero-order valence-electron chi connectivity index (χ0n) is 17.1. The van der Waals surface area contributed by atoms with Crippen molar-refractivity contribution in [3.05, 3.63) is 95.6 Å². The van der Waals surface area contributed by atoms with Crippen LogP contribution in [0.3, 0.4) is 0 Å². The third-order valence-corrected chi connectivity index (χ3v) is 6.35. The molecular weight excluding hydrogens is 436 g/mol. The summed E-state index contributed by atoms with van der Waals surface area (Å²) in [5.74, 6) is 0.146. The van der Waals surface area contributed by atoms with Crippen LogP contribution < -0.4 is 19.6 Å². The molecular formula is C23H19ClN2O4S. The van der Waals surface area contributed by atoms with Gasteiger partial charge in [0.25, 0.3) is 5.56 Å². The van der Waals surface area contributed by atoms with Gasteiger partial charge in [-0.3, -0.25) is 9.36 Å². The fourth-order valence-electron chi connectivity index (χ4n) is 3.57. The molecule has 1 aromatic heterocycles. The van der Waals surface area contributed by atoms with E-state index in [4.69, 9.17) is 21.1 Å². The molecule has 2 heterocycles. The Labute approximate surface area is 187 Å². The predicted octanol–water partition coefficient (Wildman–Crippen LogP) is 3.07. The minimum Gasteiger partial charge on any atom is -0.497 e. The Morgan fingerprint density at radius 1 is 1.19 bits per heavy atom. The quantitative estimate of drug-likeness (QED) is 0.568. The summed E-state index contributed by atoms with van der Waals surface area (Å²) >= 11 is 7.73. The van der Waals surface area contributed by atoms with Crippen molar-refractivity contribution in [2.75, 3.05) is 14.2 Å². The van der Waals surface area contributed by atoms with E-state index in [-0.39, 0.29) is 11.1 Å². The van der Waals surface area contributed by atoms with Crippen molar-refractivity contribution in [1.82, 2.24) is 4.57 Å². The highest BCUT2D eigenvalue weighted by atomic mass is 35.5. The summed E-state index contributed by atoms with van der Waals surface area (Å²) in [6.45, 7) is 1.73. The molecule has 4 rings (SSSR count). The number of nitrogens with zero attached hydrogens (tertiary/aromatic N) is 2. The van der Waals surface area contributed by atoms with Crippen LogP contribution in [0.25, 0.3) is 6.08 Å². The average molecular weight is 455 g/mol. The van der Waals surface area contributed by atoms with Gasteiger partial charge >= 0.3 is 5.97 Å². The fourth-order valence-corrected chi connectivity index (χ4v) is 4.85. The Bertz CT molecular complexity index is 1390. The van der Waals surface area contributed by atoms with E-state index in [1.807, 2.05) is 30.3 Å². The maximum absolute atomic E-state index is 13.5. The van der Waals surface area contributed by atoms with Gasteiger partial charge in [-0.1, -0.05) is 53.3 Å². The lowest BCUT2D eigenvalue weighted by atomic mass is 9.96. The molecule has 31 heavy (non-hydrogen) atoms. The summed E-state index contributed by atoms with van der Waals surface area (Å²) in [7, 11) is 2.90. The number of fused-ring (bicyclic) bond motifs is 1. The molecule has 6 nitrogen and oxygen atoms in total. The lowest BCUT2D eigenvalue weighted by Gasteiger charge is -2.25. The highest BCUT2D eigenvalue weighted by Crippen LogP contribution is 2.34. The van der Waals surface area contributed by atoms with Crippen LogP contribution in [0.15, 0.2) is 69.6 Å². The standard InChI is InChI=1S/C23H19ClN2O4S/c1-13-19(22(28)30-3)20(16-9-4-5-10-17(16)24)26-21(27)18(31-23(26)25-13)12-14-7-6-8-15(11-14)29-2/h4-12,20H,1-3H3. The Morgan fingerprint density at radius 2 is 1.97 bits per heavy atom. The highest BCUT2D eigenvalue weighted by Gasteiger charge is 2.34. The normalized spacial score (nSPS) is 16.0. The number of hydrogen-bond acceptors (Lipinski definition) is 6. The first-order chi connectivity index (χ1) is 14.9. The lowest BCUT2D eigenvalue weighted by molar-refractivity contribution is -0.136. The van der Waals surface area contributed by atoms with Crippen LogP contribution in [0.2, 0.25) is 5.02 Å². The smallest absolute Gasteiger partial charge is 0.338 e. The molecule has 0 spiro atoms. The first-order valence-electron chi connectivity index (χ1n) is 9.44. The number of methoxy groups -OCH3 is 2. The second kappa shape index (κ2) is 8.53. The van der Waals surface area contributed by atoms with E-state index in [1.165, 1.54) is 23.0 Å². The van der Waals surface area contributed by atoms with Gasteiger partial charge in [-0.2, -0.15) is 0 Å². The maximum atomic E-state index is 13.5. The fraction of sp³-hybridized carbons (Fsp3) is 0.174. The zero-order valence-corrected chi connectivity index (χ0v) is 18.7. The molecule has 0 aliphatic carbocycles. The third-order valence-electron chi connectivity index (χ3n) is 5.02. The highest BCUT2D eigenvalue weighted by molar-refractivity contribution is 7.07.